The average molecular weight is 314 g/mol. The summed E-state index contributed by atoms with van der Waals surface area (Å²) in [4.78, 5) is 4.20. The first-order chi connectivity index (χ1) is 7.27. The van der Waals surface area contributed by atoms with Crippen molar-refractivity contribution >= 4 is 22.6 Å². The van der Waals surface area contributed by atoms with Gasteiger partial charge < -0.3 is 9.30 Å². The second kappa shape index (κ2) is 4.65. The molecular formula is C11H11IN2O. The fourth-order valence-corrected chi connectivity index (χ4v) is 1.78. The van der Waals surface area contributed by atoms with Gasteiger partial charge in [0.05, 0.1) is 3.57 Å². The van der Waals surface area contributed by atoms with Gasteiger partial charge in [-0.15, -0.1) is 0 Å². The van der Waals surface area contributed by atoms with Crippen LogP contribution in [0, 0.1) is 3.57 Å². The van der Waals surface area contributed by atoms with Crippen LogP contribution in [0.5, 0.6) is 5.75 Å². The van der Waals surface area contributed by atoms with Crippen LogP contribution in [-0.2, 0) is 13.7 Å². The summed E-state index contributed by atoms with van der Waals surface area (Å²) in [6, 6.07) is 7.95. The van der Waals surface area contributed by atoms with Crippen LogP contribution in [0.15, 0.2) is 36.7 Å². The van der Waals surface area contributed by atoms with E-state index in [0.29, 0.717) is 6.61 Å². The highest BCUT2D eigenvalue weighted by atomic mass is 127. The summed E-state index contributed by atoms with van der Waals surface area (Å²) in [5, 5.41) is 0. The Morgan fingerprint density at radius 3 is 2.87 bits per heavy atom. The second-order valence-corrected chi connectivity index (χ2v) is 4.34. The van der Waals surface area contributed by atoms with Gasteiger partial charge in [-0.05, 0) is 34.7 Å². The molecule has 0 radical (unpaired) electrons. The molecule has 0 atom stereocenters. The number of aryl methyl sites for hydroxylation is 1. The molecule has 1 aromatic heterocycles. The molecule has 0 aliphatic rings. The smallest absolute Gasteiger partial charge is 0.146 e. The van der Waals surface area contributed by atoms with Gasteiger partial charge >= 0.3 is 0 Å². The molecule has 0 saturated heterocycles. The number of rotatable bonds is 3. The Balaban J connectivity index is 2.06. The largest absolute Gasteiger partial charge is 0.485 e. The number of para-hydroxylation sites is 1. The molecule has 15 heavy (non-hydrogen) atoms. The molecule has 0 N–H and O–H groups in total. The van der Waals surface area contributed by atoms with E-state index in [1.807, 2.05) is 42.1 Å². The van der Waals surface area contributed by atoms with Crippen molar-refractivity contribution in [1.29, 1.82) is 0 Å². The van der Waals surface area contributed by atoms with E-state index in [9.17, 15) is 0 Å². The maximum Gasteiger partial charge on any atom is 0.146 e. The summed E-state index contributed by atoms with van der Waals surface area (Å²) < 4.78 is 8.74. The lowest BCUT2D eigenvalue weighted by Gasteiger charge is -2.07. The molecule has 2 rings (SSSR count). The fraction of sp³-hybridized carbons (Fsp3) is 0.182. The van der Waals surface area contributed by atoms with Gasteiger partial charge in [0.1, 0.15) is 18.2 Å². The monoisotopic (exact) mass is 314 g/mol. The molecule has 0 unspecified atom stereocenters. The van der Waals surface area contributed by atoms with Crippen molar-refractivity contribution in [2.24, 2.45) is 7.05 Å². The summed E-state index contributed by atoms with van der Waals surface area (Å²) in [7, 11) is 1.96. The Bertz CT molecular complexity index is 453. The Morgan fingerprint density at radius 1 is 1.40 bits per heavy atom. The van der Waals surface area contributed by atoms with Gasteiger partial charge in [0.15, 0.2) is 0 Å². The first-order valence-corrected chi connectivity index (χ1v) is 5.69. The number of hydrogen-bond acceptors (Lipinski definition) is 2. The second-order valence-electron chi connectivity index (χ2n) is 3.17. The summed E-state index contributed by atoms with van der Waals surface area (Å²) in [6.07, 6.45) is 3.68. The van der Waals surface area contributed by atoms with Crippen molar-refractivity contribution in [3.63, 3.8) is 0 Å². The van der Waals surface area contributed by atoms with E-state index in [4.69, 9.17) is 4.74 Å². The van der Waals surface area contributed by atoms with Crippen molar-refractivity contribution in [2.45, 2.75) is 6.61 Å². The molecule has 1 heterocycles. The molecule has 0 aliphatic heterocycles. The summed E-state index contributed by atoms with van der Waals surface area (Å²) in [5.74, 6) is 1.83. The molecule has 0 amide bonds. The van der Waals surface area contributed by atoms with Crippen LogP contribution in [0.3, 0.4) is 0 Å². The average Bonchev–Trinajstić information content (AvgIpc) is 2.63. The topological polar surface area (TPSA) is 27.1 Å². The van der Waals surface area contributed by atoms with Crippen LogP contribution >= 0.6 is 22.6 Å². The summed E-state index contributed by atoms with van der Waals surface area (Å²) in [6.45, 7) is 0.503. The lowest BCUT2D eigenvalue weighted by Crippen LogP contribution is -2.03. The standard InChI is InChI=1S/C11H11IN2O/c1-14-7-6-13-11(14)8-15-10-5-3-2-4-9(10)12/h2-7H,8H2,1H3. The Hall–Kier alpha value is -1.04. The van der Waals surface area contributed by atoms with Gasteiger partial charge in [-0.1, -0.05) is 12.1 Å². The van der Waals surface area contributed by atoms with E-state index < -0.39 is 0 Å². The van der Waals surface area contributed by atoms with Gasteiger partial charge in [-0.3, -0.25) is 0 Å². The van der Waals surface area contributed by atoms with Gasteiger partial charge in [-0.2, -0.15) is 0 Å². The van der Waals surface area contributed by atoms with Crippen molar-refractivity contribution in [3.8, 4) is 5.75 Å². The van der Waals surface area contributed by atoms with Crippen LogP contribution in [0.1, 0.15) is 5.82 Å². The normalized spacial score (nSPS) is 10.3. The molecule has 0 spiro atoms. The third-order valence-corrected chi connectivity index (χ3v) is 3.01. The third kappa shape index (κ3) is 2.50. The molecule has 3 nitrogen and oxygen atoms in total. The lowest BCUT2D eigenvalue weighted by molar-refractivity contribution is 0.290. The summed E-state index contributed by atoms with van der Waals surface area (Å²) in [5.41, 5.74) is 0. The van der Waals surface area contributed by atoms with E-state index in [2.05, 4.69) is 27.6 Å². The Labute approximate surface area is 102 Å². The maximum atomic E-state index is 5.67. The van der Waals surface area contributed by atoms with Crippen molar-refractivity contribution in [2.75, 3.05) is 0 Å². The van der Waals surface area contributed by atoms with Gasteiger partial charge in [-0.25, -0.2) is 4.98 Å². The van der Waals surface area contributed by atoms with Crippen molar-refractivity contribution in [1.82, 2.24) is 9.55 Å². The summed E-state index contributed by atoms with van der Waals surface area (Å²) >= 11 is 2.26. The van der Waals surface area contributed by atoms with Crippen LogP contribution in [0.2, 0.25) is 0 Å². The molecular weight excluding hydrogens is 303 g/mol. The van der Waals surface area contributed by atoms with E-state index in [1.54, 1.807) is 6.20 Å². The predicted octanol–water partition coefficient (Wildman–Crippen LogP) is 2.60. The minimum atomic E-state index is 0.503. The highest BCUT2D eigenvalue weighted by molar-refractivity contribution is 14.1. The lowest BCUT2D eigenvalue weighted by atomic mass is 10.3. The number of hydrogen-bond donors (Lipinski definition) is 0. The van der Waals surface area contributed by atoms with Gasteiger partial charge in [0, 0.05) is 19.4 Å². The number of aromatic nitrogens is 2. The quantitative estimate of drug-likeness (QED) is 0.814. The highest BCUT2D eigenvalue weighted by Crippen LogP contribution is 2.20. The third-order valence-electron chi connectivity index (χ3n) is 2.11. The fourth-order valence-electron chi connectivity index (χ4n) is 1.24. The number of halogens is 1. The Kier molecular flexibility index (Phi) is 3.25. The van der Waals surface area contributed by atoms with E-state index in [-0.39, 0.29) is 0 Å². The number of benzene rings is 1. The van der Waals surface area contributed by atoms with Crippen molar-refractivity contribution < 1.29 is 4.74 Å². The van der Waals surface area contributed by atoms with Crippen LogP contribution in [-0.4, -0.2) is 9.55 Å². The first kappa shape index (κ1) is 10.5. The number of imidazole rings is 1. The molecule has 0 aliphatic carbocycles. The minimum Gasteiger partial charge on any atom is -0.485 e. The zero-order valence-electron chi connectivity index (χ0n) is 8.35. The SMILES string of the molecule is Cn1ccnc1COc1ccccc1I. The highest BCUT2D eigenvalue weighted by Gasteiger charge is 2.02. The molecule has 0 fully saturated rings. The first-order valence-electron chi connectivity index (χ1n) is 4.61. The van der Waals surface area contributed by atoms with E-state index in [0.717, 1.165) is 15.1 Å². The minimum absolute atomic E-state index is 0.503. The zero-order chi connectivity index (χ0) is 10.7. The van der Waals surface area contributed by atoms with E-state index in [1.165, 1.54) is 0 Å². The molecule has 78 valence electrons. The van der Waals surface area contributed by atoms with Gasteiger partial charge in [0.25, 0.3) is 0 Å². The van der Waals surface area contributed by atoms with Crippen molar-refractivity contribution in [3.05, 3.63) is 46.1 Å². The predicted molar refractivity (Wildman–Crippen MR) is 66.7 cm³/mol. The van der Waals surface area contributed by atoms with Crippen LogP contribution in [0.25, 0.3) is 0 Å². The molecule has 0 bridgehead atoms. The van der Waals surface area contributed by atoms with E-state index >= 15 is 0 Å². The zero-order valence-corrected chi connectivity index (χ0v) is 10.5. The maximum absolute atomic E-state index is 5.67. The molecule has 0 saturated carbocycles. The van der Waals surface area contributed by atoms with Gasteiger partial charge in [0.2, 0.25) is 0 Å². The molecule has 1 aromatic carbocycles. The number of ether oxygens (including phenoxy) is 1. The van der Waals surface area contributed by atoms with Crippen LogP contribution in [0.4, 0.5) is 0 Å². The molecule has 4 heteroatoms. The number of nitrogens with zero attached hydrogens (tertiary/aromatic N) is 2. The molecule has 2 aromatic rings. The van der Waals surface area contributed by atoms with Crippen LogP contribution < -0.4 is 4.74 Å². The Morgan fingerprint density at radius 2 is 2.20 bits per heavy atom.